The van der Waals surface area contributed by atoms with Gasteiger partial charge in [-0.1, -0.05) is 0 Å². The van der Waals surface area contributed by atoms with Crippen LogP contribution in [0, 0.1) is 17.6 Å². The standard InChI is InChI=1S/C11H10F2O3/c1-16-10-7(2-5(12)3-9(10)13)6-4-8(6)11(14)15/h2-3,6,8H,4H2,1H3,(H,14,15)/t6-,8+/m0/s1. The lowest BCUT2D eigenvalue weighted by Crippen LogP contribution is -2.01. The minimum Gasteiger partial charge on any atom is -0.493 e. The van der Waals surface area contributed by atoms with Crippen LogP contribution in [-0.4, -0.2) is 18.2 Å². The van der Waals surface area contributed by atoms with Crippen molar-refractivity contribution >= 4 is 5.97 Å². The quantitative estimate of drug-likeness (QED) is 0.862. The van der Waals surface area contributed by atoms with Gasteiger partial charge in [-0.15, -0.1) is 0 Å². The van der Waals surface area contributed by atoms with E-state index in [9.17, 15) is 13.6 Å². The second kappa shape index (κ2) is 3.73. The monoisotopic (exact) mass is 228 g/mol. The summed E-state index contributed by atoms with van der Waals surface area (Å²) in [6.45, 7) is 0. The molecule has 0 spiro atoms. The van der Waals surface area contributed by atoms with Crippen molar-refractivity contribution in [2.75, 3.05) is 7.11 Å². The Bertz CT molecular complexity index is 445. The molecule has 0 radical (unpaired) electrons. The summed E-state index contributed by atoms with van der Waals surface area (Å²) in [6, 6.07) is 1.86. The van der Waals surface area contributed by atoms with E-state index in [1.54, 1.807) is 0 Å². The van der Waals surface area contributed by atoms with Gasteiger partial charge in [0.2, 0.25) is 0 Å². The van der Waals surface area contributed by atoms with Crippen LogP contribution in [0.2, 0.25) is 0 Å². The maximum atomic E-state index is 13.3. The molecule has 1 N–H and O–H groups in total. The first-order valence-electron chi connectivity index (χ1n) is 4.80. The highest BCUT2D eigenvalue weighted by molar-refractivity contribution is 5.75. The molecule has 0 aliphatic heterocycles. The number of carbonyl (C=O) groups is 1. The van der Waals surface area contributed by atoms with E-state index in [1.807, 2.05) is 0 Å². The molecule has 0 unspecified atom stereocenters. The average molecular weight is 228 g/mol. The van der Waals surface area contributed by atoms with Crippen molar-refractivity contribution in [3.05, 3.63) is 29.3 Å². The normalized spacial score (nSPS) is 22.9. The van der Waals surface area contributed by atoms with Crippen molar-refractivity contribution in [3.8, 4) is 5.75 Å². The third-order valence-corrected chi connectivity index (χ3v) is 2.75. The fraction of sp³-hybridized carbons (Fsp3) is 0.364. The molecule has 1 aromatic rings. The lowest BCUT2D eigenvalue weighted by atomic mass is 10.1. The van der Waals surface area contributed by atoms with Crippen molar-refractivity contribution in [2.24, 2.45) is 5.92 Å². The summed E-state index contributed by atoms with van der Waals surface area (Å²) < 4.78 is 31.2. The summed E-state index contributed by atoms with van der Waals surface area (Å²) in [5, 5.41) is 8.76. The Morgan fingerprint density at radius 2 is 2.19 bits per heavy atom. The summed E-state index contributed by atoms with van der Waals surface area (Å²) >= 11 is 0. The maximum absolute atomic E-state index is 13.3. The van der Waals surface area contributed by atoms with E-state index in [2.05, 4.69) is 0 Å². The van der Waals surface area contributed by atoms with E-state index in [1.165, 1.54) is 7.11 Å². The maximum Gasteiger partial charge on any atom is 0.307 e. The molecule has 5 heteroatoms. The van der Waals surface area contributed by atoms with Gasteiger partial charge in [0.05, 0.1) is 13.0 Å². The van der Waals surface area contributed by atoms with Crippen LogP contribution in [0.1, 0.15) is 17.9 Å². The Labute approximate surface area is 90.7 Å². The average Bonchev–Trinajstić information content (AvgIpc) is 2.95. The van der Waals surface area contributed by atoms with Crippen molar-refractivity contribution in [3.63, 3.8) is 0 Å². The molecule has 2 atom stereocenters. The molecular formula is C11H10F2O3. The number of halogens is 2. The molecular weight excluding hydrogens is 218 g/mol. The Hall–Kier alpha value is -1.65. The van der Waals surface area contributed by atoms with Gasteiger partial charge in [-0.25, -0.2) is 8.78 Å². The van der Waals surface area contributed by atoms with Crippen LogP contribution in [0.5, 0.6) is 5.75 Å². The van der Waals surface area contributed by atoms with Crippen LogP contribution >= 0.6 is 0 Å². The predicted octanol–water partition coefficient (Wildman–Crippen LogP) is 2.16. The van der Waals surface area contributed by atoms with Crippen molar-refractivity contribution in [2.45, 2.75) is 12.3 Å². The number of rotatable bonds is 3. The van der Waals surface area contributed by atoms with Crippen molar-refractivity contribution < 1.29 is 23.4 Å². The van der Waals surface area contributed by atoms with Crippen LogP contribution in [-0.2, 0) is 4.79 Å². The van der Waals surface area contributed by atoms with Crippen LogP contribution < -0.4 is 4.74 Å². The zero-order chi connectivity index (χ0) is 11.9. The first-order valence-corrected chi connectivity index (χ1v) is 4.80. The molecule has 16 heavy (non-hydrogen) atoms. The van der Waals surface area contributed by atoms with Crippen LogP contribution in [0.15, 0.2) is 12.1 Å². The molecule has 3 nitrogen and oxygen atoms in total. The van der Waals surface area contributed by atoms with Gasteiger partial charge in [0.1, 0.15) is 5.82 Å². The molecule has 1 saturated carbocycles. The minimum atomic E-state index is -0.947. The Balaban J connectivity index is 2.37. The highest BCUT2D eigenvalue weighted by atomic mass is 19.1. The molecule has 1 aliphatic carbocycles. The second-order valence-corrected chi connectivity index (χ2v) is 3.80. The third-order valence-electron chi connectivity index (χ3n) is 2.75. The number of benzene rings is 1. The lowest BCUT2D eigenvalue weighted by Gasteiger charge is -2.08. The number of hydrogen-bond acceptors (Lipinski definition) is 2. The van der Waals surface area contributed by atoms with E-state index in [4.69, 9.17) is 9.84 Å². The number of hydrogen-bond donors (Lipinski definition) is 1. The molecule has 1 aromatic carbocycles. The first-order chi connectivity index (χ1) is 7.54. The van der Waals surface area contributed by atoms with E-state index in [-0.39, 0.29) is 11.7 Å². The number of aliphatic carboxylic acids is 1. The summed E-state index contributed by atoms with van der Waals surface area (Å²) in [4.78, 5) is 10.7. The summed E-state index contributed by atoms with van der Waals surface area (Å²) in [5.74, 6) is -3.43. The molecule has 2 rings (SSSR count). The zero-order valence-electron chi connectivity index (χ0n) is 8.54. The van der Waals surface area contributed by atoms with Gasteiger partial charge in [-0.2, -0.15) is 0 Å². The Morgan fingerprint density at radius 1 is 1.50 bits per heavy atom. The van der Waals surface area contributed by atoms with Gasteiger partial charge in [-0.05, 0) is 12.5 Å². The van der Waals surface area contributed by atoms with Gasteiger partial charge in [-0.3, -0.25) is 4.79 Å². The summed E-state index contributed by atoms with van der Waals surface area (Å²) in [7, 11) is 1.28. The van der Waals surface area contributed by atoms with Crippen LogP contribution in [0.25, 0.3) is 0 Å². The number of carboxylic acid groups (broad SMARTS) is 1. The summed E-state index contributed by atoms with van der Waals surface area (Å²) in [5.41, 5.74) is 0.299. The Morgan fingerprint density at radius 3 is 2.69 bits per heavy atom. The SMILES string of the molecule is COc1c(F)cc(F)cc1[C@@H]1C[C@H]1C(=O)O. The van der Waals surface area contributed by atoms with E-state index in [0.29, 0.717) is 12.0 Å². The fourth-order valence-corrected chi connectivity index (χ4v) is 1.88. The number of methoxy groups -OCH3 is 1. The van der Waals surface area contributed by atoms with Crippen LogP contribution in [0.3, 0.4) is 0 Å². The van der Waals surface area contributed by atoms with E-state index < -0.39 is 23.5 Å². The Kier molecular flexibility index (Phi) is 2.53. The molecule has 0 bridgehead atoms. The highest BCUT2D eigenvalue weighted by Gasteiger charge is 2.46. The smallest absolute Gasteiger partial charge is 0.307 e. The molecule has 0 saturated heterocycles. The van der Waals surface area contributed by atoms with Gasteiger partial charge < -0.3 is 9.84 Å². The lowest BCUT2D eigenvalue weighted by molar-refractivity contribution is -0.138. The predicted molar refractivity (Wildman–Crippen MR) is 51.4 cm³/mol. The fourth-order valence-electron chi connectivity index (χ4n) is 1.88. The highest BCUT2D eigenvalue weighted by Crippen LogP contribution is 2.51. The summed E-state index contributed by atoms with van der Waals surface area (Å²) in [6.07, 6.45) is 0.397. The molecule has 0 heterocycles. The molecule has 0 aromatic heterocycles. The second-order valence-electron chi connectivity index (χ2n) is 3.80. The topological polar surface area (TPSA) is 46.5 Å². The van der Waals surface area contributed by atoms with Crippen molar-refractivity contribution in [1.29, 1.82) is 0 Å². The molecule has 1 aliphatic rings. The van der Waals surface area contributed by atoms with Gasteiger partial charge >= 0.3 is 5.97 Å². The number of carboxylic acids is 1. The van der Waals surface area contributed by atoms with Gasteiger partial charge in [0.25, 0.3) is 0 Å². The van der Waals surface area contributed by atoms with E-state index in [0.717, 1.165) is 12.1 Å². The number of ether oxygens (including phenoxy) is 1. The van der Waals surface area contributed by atoms with Crippen LogP contribution in [0.4, 0.5) is 8.78 Å². The zero-order valence-corrected chi connectivity index (χ0v) is 8.54. The minimum absolute atomic E-state index is 0.0600. The third kappa shape index (κ3) is 1.73. The molecule has 86 valence electrons. The molecule has 0 amide bonds. The first kappa shape index (κ1) is 10.9. The van der Waals surface area contributed by atoms with Gasteiger partial charge in [0, 0.05) is 17.5 Å². The largest absolute Gasteiger partial charge is 0.493 e. The van der Waals surface area contributed by atoms with E-state index >= 15 is 0 Å². The van der Waals surface area contributed by atoms with Crippen molar-refractivity contribution in [1.82, 2.24) is 0 Å². The molecule has 1 fully saturated rings. The van der Waals surface area contributed by atoms with Gasteiger partial charge in [0.15, 0.2) is 11.6 Å².